The van der Waals surface area contributed by atoms with E-state index >= 15 is 4.39 Å². The maximum absolute atomic E-state index is 15.1. The Kier molecular flexibility index (Phi) is 13.3. The fourth-order valence-corrected chi connectivity index (χ4v) is 6.87. The molecule has 51 heavy (non-hydrogen) atoms. The number of nitrogens with zero attached hydrogens (tertiary/aromatic N) is 1. The molecule has 3 aromatic rings. The number of rotatable bonds is 6. The molecule has 4 amide bonds. The highest BCUT2D eigenvalue weighted by molar-refractivity contribution is 7.89. The van der Waals surface area contributed by atoms with Crippen LogP contribution in [0.5, 0.6) is 23.0 Å². The van der Waals surface area contributed by atoms with Crippen LogP contribution in [0.3, 0.4) is 0 Å². The van der Waals surface area contributed by atoms with E-state index in [2.05, 4.69) is 21.3 Å². The predicted molar refractivity (Wildman–Crippen MR) is 185 cm³/mol. The molecule has 2 aliphatic rings. The summed E-state index contributed by atoms with van der Waals surface area (Å²) >= 11 is 0. The molecule has 0 saturated carbocycles. The summed E-state index contributed by atoms with van der Waals surface area (Å²) in [5.74, 6) is -2.30. The maximum atomic E-state index is 15.1. The van der Waals surface area contributed by atoms with Gasteiger partial charge in [0.2, 0.25) is 21.8 Å². The van der Waals surface area contributed by atoms with Crippen molar-refractivity contribution in [3.63, 3.8) is 0 Å². The van der Waals surface area contributed by atoms with Crippen LogP contribution in [-0.2, 0) is 26.2 Å². The van der Waals surface area contributed by atoms with Crippen LogP contribution in [-0.4, -0.2) is 83.3 Å². The van der Waals surface area contributed by atoms with E-state index in [-0.39, 0.29) is 90.9 Å². The molecule has 0 radical (unpaired) electrons. The highest BCUT2D eigenvalue weighted by Crippen LogP contribution is 2.34. The van der Waals surface area contributed by atoms with Crippen LogP contribution in [0.25, 0.3) is 0 Å². The second-order valence-corrected chi connectivity index (χ2v) is 13.5. The highest BCUT2D eigenvalue weighted by atomic mass is 32.2. The van der Waals surface area contributed by atoms with Crippen molar-refractivity contribution in [2.45, 2.75) is 50.1 Å². The van der Waals surface area contributed by atoms with E-state index in [1.165, 1.54) is 74.1 Å². The number of hydrogen-bond donors (Lipinski definition) is 4. The minimum atomic E-state index is -4.20. The van der Waals surface area contributed by atoms with Gasteiger partial charge in [0.15, 0.2) is 23.1 Å². The Hall–Kier alpha value is -5.22. The molecule has 0 fully saturated rings. The summed E-state index contributed by atoms with van der Waals surface area (Å²) in [5, 5.41) is 10.6. The molecule has 4 bridgehead atoms. The van der Waals surface area contributed by atoms with E-state index in [1.54, 1.807) is 13.0 Å². The summed E-state index contributed by atoms with van der Waals surface area (Å²) in [5.41, 5.74) is 0.646. The molecule has 4 N–H and O–H groups in total. The summed E-state index contributed by atoms with van der Waals surface area (Å²) in [6.45, 7) is 1.65. The Morgan fingerprint density at radius 2 is 1.69 bits per heavy atom. The highest BCUT2D eigenvalue weighted by Gasteiger charge is 2.27. The van der Waals surface area contributed by atoms with Gasteiger partial charge in [-0.25, -0.2) is 12.8 Å². The van der Waals surface area contributed by atoms with Gasteiger partial charge >= 0.3 is 0 Å². The second kappa shape index (κ2) is 17.6. The fraction of sp³-hybridized carbons (Fsp3) is 0.371. The van der Waals surface area contributed by atoms with E-state index < -0.39 is 45.5 Å². The lowest BCUT2D eigenvalue weighted by molar-refractivity contribution is -0.129. The number of amides is 4. The molecule has 0 aliphatic carbocycles. The Morgan fingerprint density at radius 3 is 2.37 bits per heavy atom. The number of sulfonamides is 1. The summed E-state index contributed by atoms with van der Waals surface area (Å²) < 4.78 is 60.5. The molecule has 0 aromatic heterocycles. The zero-order valence-corrected chi connectivity index (χ0v) is 29.7. The molecule has 14 nitrogen and oxygen atoms in total. The van der Waals surface area contributed by atoms with Crippen molar-refractivity contribution in [1.82, 2.24) is 25.6 Å². The number of carbonyl (C=O) groups excluding carboxylic acids is 4. The van der Waals surface area contributed by atoms with Crippen molar-refractivity contribution >= 4 is 33.7 Å². The van der Waals surface area contributed by atoms with Crippen molar-refractivity contribution in [2.75, 3.05) is 40.9 Å². The zero-order valence-electron chi connectivity index (χ0n) is 28.8. The average Bonchev–Trinajstić information content (AvgIpc) is 3.13. The van der Waals surface area contributed by atoms with E-state index in [4.69, 9.17) is 14.2 Å². The largest absolute Gasteiger partial charge is 0.496 e. The van der Waals surface area contributed by atoms with Gasteiger partial charge in [0.05, 0.1) is 24.7 Å². The van der Waals surface area contributed by atoms with E-state index in [0.717, 1.165) is 0 Å². The third kappa shape index (κ3) is 9.73. The molecule has 274 valence electrons. The van der Waals surface area contributed by atoms with E-state index in [9.17, 15) is 27.6 Å². The molecule has 16 heteroatoms. The summed E-state index contributed by atoms with van der Waals surface area (Å²) in [4.78, 5) is 51.3. The number of benzene rings is 3. The van der Waals surface area contributed by atoms with Gasteiger partial charge in [-0.05, 0) is 73.4 Å². The number of methoxy groups -OCH3 is 2. The SMILES string of the molecule is CC[C@@H]1NC(=O)CCCN(S(=O)(=O)c2ccc(OC)c(C(=O)NC)c2)CCCNC(=O)c2ccc(OC)c(c2)Oc2ccc(cc2F)CNC1=O. The molecule has 2 heterocycles. The fourth-order valence-electron chi connectivity index (χ4n) is 5.32. The van der Waals surface area contributed by atoms with Crippen LogP contribution in [0.1, 0.15) is 58.9 Å². The molecule has 1 atom stereocenters. The van der Waals surface area contributed by atoms with Crippen molar-refractivity contribution in [2.24, 2.45) is 0 Å². The van der Waals surface area contributed by atoms with Gasteiger partial charge < -0.3 is 35.5 Å². The van der Waals surface area contributed by atoms with Gasteiger partial charge in [0.25, 0.3) is 11.8 Å². The second-order valence-electron chi connectivity index (χ2n) is 11.5. The number of halogens is 1. The van der Waals surface area contributed by atoms with E-state index in [0.29, 0.717) is 5.56 Å². The molecular weight excluding hydrogens is 685 g/mol. The summed E-state index contributed by atoms with van der Waals surface area (Å²) in [6.07, 6.45) is 0.473. The molecular formula is C35H42FN5O9S. The molecule has 0 saturated heterocycles. The molecule has 0 spiro atoms. The van der Waals surface area contributed by atoms with Gasteiger partial charge in [0, 0.05) is 45.2 Å². The first-order chi connectivity index (χ1) is 24.4. The van der Waals surface area contributed by atoms with Crippen LogP contribution in [0.4, 0.5) is 4.39 Å². The number of ether oxygens (including phenoxy) is 3. The Morgan fingerprint density at radius 1 is 0.961 bits per heavy atom. The summed E-state index contributed by atoms with van der Waals surface area (Å²) in [7, 11) is -0.0298. The molecule has 5 rings (SSSR count). The van der Waals surface area contributed by atoms with Gasteiger partial charge in [-0.3, -0.25) is 19.2 Å². The normalized spacial score (nSPS) is 17.0. The van der Waals surface area contributed by atoms with Crippen LogP contribution in [0, 0.1) is 5.82 Å². The van der Waals surface area contributed by atoms with Gasteiger partial charge in [-0.2, -0.15) is 4.31 Å². The standard InChI is InChI=1S/C35H42FN5O9S/c1-5-27-35(45)39-21-22-9-12-29(26(36)18-22)50-31-19-23(10-13-30(31)49-4)33(43)38-15-7-17-41(16-6-8-32(42)40-27)51(46,47)24-11-14-28(48-3)25(20-24)34(44)37-2/h9-14,18-20,27H,5-8,15-17,21H2,1-4H3,(H,37,44)(H,38,43)(H,39,45)(H,40,42)/t27-/m0/s1. The lowest BCUT2D eigenvalue weighted by atomic mass is 10.1. The lowest BCUT2D eigenvalue weighted by Crippen LogP contribution is -2.46. The number of hydrogen-bond acceptors (Lipinski definition) is 9. The average molecular weight is 728 g/mol. The number of fused-ring (bicyclic) bond motifs is 16. The molecule has 2 aliphatic heterocycles. The third-order valence-electron chi connectivity index (χ3n) is 8.13. The monoisotopic (exact) mass is 727 g/mol. The predicted octanol–water partition coefficient (Wildman–Crippen LogP) is 3.11. The minimum Gasteiger partial charge on any atom is -0.496 e. The van der Waals surface area contributed by atoms with Gasteiger partial charge in [-0.1, -0.05) is 13.0 Å². The maximum Gasteiger partial charge on any atom is 0.254 e. The topological polar surface area (TPSA) is 181 Å². The van der Waals surface area contributed by atoms with Crippen LogP contribution >= 0.6 is 0 Å². The number of nitrogens with one attached hydrogen (secondary N) is 4. The van der Waals surface area contributed by atoms with Crippen LogP contribution < -0.4 is 35.5 Å². The Labute approximate surface area is 296 Å². The zero-order chi connectivity index (χ0) is 37.1. The number of carbonyl (C=O) groups is 4. The van der Waals surface area contributed by atoms with Crippen molar-refractivity contribution < 1.29 is 46.2 Å². The van der Waals surface area contributed by atoms with Crippen molar-refractivity contribution in [3.8, 4) is 23.0 Å². The smallest absolute Gasteiger partial charge is 0.254 e. The quantitative estimate of drug-likeness (QED) is 0.297. The molecule has 0 unspecified atom stereocenters. The van der Waals surface area contributed by atoms with Gasteiger partial charge in [0.1, 0.15) is 11.8 Å². The van der Waals surface area contributed by atoms with Crippen LogP contribution in [0.15, 0.2) is 59.5 Å². The molecule has 3 aromatic carbocycles. The first kappa shape index (κ1) is 38.6. The first-order valence-electron chi connectivity index (χ1n) is 16.3. The van der Waals surface area contributed by atoms with Crippen molar-refractivity contribution in [3.05, 3.63) is 77.1 Å². The lowest BCUT2D eigenvalue weighted by Gasteiger charge is -2.23. The Bertz CT molecular complexity index is 1870. The third-order valence-corrected chi connectivity index (χ3v) is 10.0. The first-order valence-corrected chi connectivity index (χ1v) is 17.8. The minimum absolute atomic E-state index is 0.0221. The van der Waals surface area contributed by atoms with Gasteiger partial charge in [-0.15, -0.1) is 0 Å². The van der Waals surface area contributed by atoms with Crippen molar-refractivity contribution in [1.29, 1.82) is 0 Å². The Balaban J connectivity index is 1.63. The summed E-state index contributed by atoms with van der Waals surface area (Å²) in [6, 6.07) is 11.6. The van der Waals surface area contributed by atoms with Crippen LogP contribution in [0.2, 0.25) is 0 Å². The van der Waals surface area contributed by atoms with E-state index in [1.807, 2.05) is 0 Å².